The summed E-state index contributed by atoms with van der Waals surface area (Å²) in [7, 11) is 1.88. The van der Waals surface area contributed by atoms with E-state index in [0.717, 1.165) is 24.0 Å². The van der Waals surface area contributed by atoms with E-state index in [9.17, 15) is 14.7 Å². The molecule has 2 aromatic carbocycles. The highest BCUT2D eigenvalue weighted by Gasteiger charge is 2.49. The Morgan fingerprint density at radius 3 is 2.48 bits per heavy atom. The number of halogens is 2. The van der Waals surface area contributed by atoms with Crippen molar-refractivity contribution in [3.63, 3.8) is 0 Å². The molecule has 1 saturated carbocycles. The average Bonchev–Trinajstić information content (AvgIpc) is 3.84. The molecule has 46 heavy (non-hydrogen) atoms. The Bertz CT molecular complexity index is 1690. The van der Waals surface area contributed by atoms with E-state index in [0.29, 0.717) is 16.5 Å². The lowest BCUT2D eigenvalue weighted by Gasteiger charge is -2.35. The number of amides is 3. The minimum atomic E-state index is -1.51. The predicted octanol–water partition coefficient (Wildman–Crippen LogP) is 6.06. The maximum Gasteiger partial charge on any atom is 0.323 e. The van der Waals surface area contributed by atoms with Gasteiger partial charge in [-0.05, 0) is 78.9 Å². The summed E-state index contributed by atoms with van der Waals surface area (Å²) in [6.07, 6.45) is 8.95. The van der Waals surface area contributed by atoms with Crippen molar-refractivity contribution in [2.24, 2.45) is 5.92 Å². The molecule has 238 valence electrons. The van der Waals surface area contributed by atoms with Crippen LogP contribution in [0.4, 0.5) is 20.7 Å². The number of aliphatic hydroxyl groups is 1. The summed E-state index contributed by atoms with van der Waals surface area (Å²) < 4.78 is 15.4. The highest BCUT2D eigenvalue weighted by molar-refractivity contribution is 6.30. The van der Waals surface area contributed by atoms with Crippen LogP contribution in [0.3, 0.4) is 0 Å². The number of likely N-dealkylation sites (tertiary alicyclic amines) is 1. The molecule has 4 aromatic rings. The second-order valence-corrected chi connectivity index (χ2v) is 12.5. The van der Waals surface area contributed by atoms with Crippen LogP contribution in [-0.4, -0.2) is 51.5 Å². The van der Waals surface area contributed by atoms with Gasteiger partial charge >= 0.3 is 6.03 Å². The number of carbonyl (C=O) groups excluding carboxylic acids is 2. The van der Waals surface area contributed by atoms with Crippen LogP contribution in [0.5, 0.6) is 0 Å². The minimum Gasteiger partial charge on any atom is -0.383 e. The summed E-state index contributed by atoms with van der Waals surface area (Å²) >= 11 is 5.94. The third-order valence-electron chi connectivity index (χ3n) is 9.12. The van der Waals surface area contributed by atoms with E-state index in [4.69, 9.17) is 11.6 Å². The SMILES string of the molecule is CNC(CCC1CC1)(c1ccncc1)c1ccc(F)c(NC(=O)[C@H]2C[C@](O)(c3ccccc3)CN2C(=O)Nc2ccc(Cl)cn2)c1. The first-order chi connectivity index (χ1) is 22.2. The minimum absolute atomic E-state index is 0.0162. The van der Waals surface area contributed by atoms with Crippen LogP contribution >= 0.6 is 11.6 Å². The molecule has 1 unspecified atom stereocenters. The molecule has 11 heteroatoms. The van der Waals surface area contributed by atoms with E-state index in [1.165, 1.54) is 36.1 Å². The molecule has 1 saturated heterocycles. The number of nitrogens with one attached hydrogen (secondary N) is 3. The Kier molecular flexibility index (Phi) is 9.04. The topological polar surface area (TPSA) is 119 Å². The number of hydrogen-bond acceptors (Lipinski definition) is 6. The van der Waals surface area contributed by atoms with Crippen LogP contribution in [0.25, 0.3) is 0 Å². The normalized spacial score (nSPS) is 20.6. The van der Waals surface area contributed by atoms with Crippen molar-refractivity contribution < 1.29 is 19.1 Å². The summed E-state index contributed by atoms with van der Waals surface area (Å²) in [6, 6.07) is 18.9. The molecular weight excluding hydrogens is 607 g/mol. The van der Waals surface area contributed by atoms with Crippen molar-refractivity contribution >= 4 is 35.0 Å². The third kappa shape index (κ3) is 6.60. The zero-order valence-corrected chi connectivity index (χ0v) is 26.2. The summed E-state index contributed by atoms with van der Waals surface area (Å²) in [6.45, 7) is -0.164. The largest absolute Gasteiger partial charge is 0.383 e. The number of urea groups is 1. The second-order valence-electron chi connectivity index (χ2n) is 12.1. The summed E-state index contributed by atoms with van der Waals surface area (Å²) in [5.74, 6) is -0.343. The molecule has 2 aliphatic rings. The van der Waals surface area contributed by atoms with E-state index in [-0.39, 0.29) is 24.5 Å². The van der Waals surface area contributed by atoms with Crippen LogP contribution in [0.15, 0.2) is 91.4 Å². The molecule has 0 radical (unpaired) electrons. The number of pyridine rings is 2. The van der Waals surface area contributed by atoms with Crippen LogP contribution in [-0.2, 0) is 15.9 Å². The molecule has 0 bridgehead atoms. The molecule has 3 heterocycles. The number of nitrogens with zero attached hydrogens (tertiary/aromatic N) is 3. The Hall–Kier alpha value is -4.38. The first-order valence-electron chi connectivity index (χ1n) is 15.4. The van der Waals surface area contributed by atoms with E-state index in [1.807, 2.05) is 25.2 Å². The molecule has 4 N–H and O–H groups in total. The maximum atomic E-state index is 15.4. The molecule has 0 spiro atoms. The van der Waals surface area contributed by atoms with E-state index < -0.39 is 34.9 Å². The van der Waals surface area contributed by atoms with Gasteiger partial charge in [-0.25, -0.2) is 14.2 Å². The van der Waals surface area contributed by atoms with E-state index in [1.54, 1.807) is 54.9 Å². The van der Waals surface area contributed by atoms with Crippen molar-refractivity contribution in [3.8, 4) is 0 Å². The van der Waals surface area contributed by atoms with Crippen molar-refractivity contribution in [1.82, 2.24) is 20.2 Å². The van der Waals surface area contributed by atoms with E-state index in [2.05, 4.69) is 25.9 Å². The lowest BCUT2D eigenvalue weighted by molar-refractivity contribution is -0.119. The van der Waals surface area contributed by atoms with Crippen LogP contribution in [0.1, 0.15) is 48.8 Å². The molecule has 2 fully saturated rings. The molecule has 6 rings (SSSR count). The summed E-state index contributed by atoms with van der Waals surface area (Å²) in [5, 5.41) is 21.0. The smallest absolute Gasteiger partial charge is 0.323 e. The van der Waals surface area contributed by atoms with Gasteiger partial charge in [0.15, 0.2) is 0 Å². The van der Waals surface area contributed by atoms with Crippen molar-refractivity contribution in [2.75, 3.05) is 24.2 Å². The zero-order chi connectivity index (χ0) is 32.3. The zero-order valence-electron chi connectivity index (χ0n) is 25.4. The molecule has 9 nitrogen and oxygen atoms in total. The number of benzene rings is 2. The summed E-state index contributed by atoms with van der Waals surface area (Å²) in [4.78, 5) is 37.0. The number of hydrogen-bond donors (Lipinski definition) is 4. The number of β-amino-alcohol motifs (C(OH)–C–C–N with tert-alkyl or cyclic N) is 1. The maximum absolute atomic E-state index is 15.4. The van der Waals surface area contributed by atoms with Crippen LogP contribution < -0.4 is 16.0 Å². The lowest BCUT2D eigenvalue weighted by atomic mass is 9.79. The van der Waals surface area contributed by atoms with Crippen molar-refractivity contribution in [1.29, 1.82) is 0 Å². The predicted molar refractivity (Wildman–Crippen MR) is 175 cm³/mol. The van der Waals surface area contributed by atoms with Gasteiger partial charge in [0.1, 0.15) is 23.3 Å². The van der Waals surface area contributed by atoms with Gasteiger partial charge in [-0.1, -0.05) is 60.8 Å². The highest BCUT2D eigenvalue weighted by atomic mass is 35.5. The fraction of sp³-hybridized carbons (Fsp3) is 0.314. The van der Waals surface area contributed by atoms with E-state index >= 15 is 4.39 Å². The van der Waals surface area contributed by atoms with Gasteiger partial charge in [0.05, 0.1) is 22.8 Å². The fourth-order valence-electron chi connectivity index (χ4n) is 6.36. The van der Waals surface area contributed by atoms with Gasteiger partial charge in [0.25, 0.3) is 0 Å². The molecule has 2 aromatic heterocycles. The van der Waals surface area contributed by atoms with Gasteiger partial charge in [0.2, 0.25) is 5.91 Å². The van der Waals surface area contributed by atoms with Crippen molar-refractivity contribution in [2.45, 2.75) is 49.3 Å². The second kappa shape index (κ2) is 13.2. The highest BCUT2D eigenvalue weighted by Crippen LogP contribution is 2.42. The molecule has 3 amide bonds. The first-order valence-corrected chi connectivity index (χ1v) is 15.8. The fourth-order valence-corrected chi connectivity index (χ4v) is 6.47. The molecular formula is C35H36ClFN6O3. The average molecular weight is 643 g/mol. The Morgan fingerprint density at radius 1 is 1.04 bits per heavy atom. The Morgan fingerprint density at radius 2 is 1.80 bits per heavy atom. The monoisotopic (exact) mass is 642 g/mol. The standard InChI is InChI=1S/C35H36ClFN6O3/c1-38-35(16-13-23-7-8-23,25-14-17-39-18-15-25)26-9-11-28(37)29(19-26)41-32(44)30-20-34(46,24-5-3-2-4-6-24)22-43(30)33(45)42-31-12-10-27(36)21-40-31/h2-6,9-12,14-15,17-19,21,23,30,38,46H,7-8,13,16,20,22H2,1H3,(H,41,44)(H,40,42,45)/t30-,34-,35?/m1/s1. The lowest BCUT2D eigenvalue weighted by Crippen LogP contribution is -2.45. The Balaban J connectivity index is 1.30. The quantitative estimate of drug-likeness (QED) is 0.167. The first kappa shape index (κ1) is 31.6. The number of aromatic nitrogens is 2. The van der Waals surface area contributed by atoms with Gasteiger partial charge in [-0.3, -0.25) is 15.1 Å². The number of rotatable bonds is 10. The Labute approximate surface area is 272 Å². The molecule has 3 atom stereocenters. The number of carbonyl (C=O) groups is 2. The van der Waals surface area contributed by atoms with Crippen molar-refractivity contribution in [3.05, 3.63) is 119 Å². The van der Waals surface area contributed by atoms with Gasteiger partial charge in [-0.2, -0.15) is 0 Å². The molecule has 1 aliphatic carbocycles. The van der Waals surface area contributed by atoms with Crippen LogP contribution in [0.2, 0.25) is 5.02 Å². The van der Waals surface area contributed by atoms with Gasteiger partial charge in [0, 0.05) is 25.0 Å². The van der Waals surface area contributed by atoms with Gasteiger partial charge < -0.3 is 20.6 Å². The molecule has 1 aliphatic heterocycles. The third-order valence-corrected chi connectivity index (χ3v) is 9.34. The number of anilines is 2. The summed E-state index contributed by atoms with van der Waals surface area (Å²) in [5.41, 5.74) is 0.160. The van der Waals surface area contributed by atoms with Gasteiger partial charge in [-0.15, -0.1) is 0 Å². The van der Waals surface area contributed by atoms with Crippen LogP contribution in [0, 0.1) is 11.7 Å².